The molecule has 0 aromatic carbocycles. The van der Waals surface area contributed by atoms with Crippen molar-refractivity contribution in [1.82, 2.24) is 10.6 Å². The summed E-state index contributed by atoms with van der Waals surface area (Å²) in [5.74, 6) is 2.85. The van der Waals surface area contributed by atoms with E-state index in [4.69, 9.17) is 4.84 Å². The first-order valence-electron chi connectivity index (χ1n) is 14.3. The zero-order valence-corrected chi connectivity index (χ0v) is 22.0. The fraction of sp³-hybridized carbons (Fsp3) is 0.828. The summed E-state index contributed by atoms with van der Waals surface area (Å²) in [6.07, 6.45) is 15.1. The van der Waals surface area contributed by atoms with Crippen molar-refractivity contribution in [1.29, 1.82) is 0 Å². The maximum absolute atomic E-state index is 12.3. The lowest BCUT2D eigenvalue weighted by Gasteiger charge is -2.58. The zero-order valence-electron chi connectivity index (χ0n) is 22.0. The third-order valence-electron chi connectivity index (χ3n) is 10.9. The largest absolute Gasteiger partial charge is 0.433 e. The number of carbonyl (C=O) groups is 2. The normalized spacial score (nSPS) is 41.3. The van der Waals surface area contributed by atoms with Gasteiger partial charge in [-0.05, 0) is 112 Å². The number of carbonyl (C=O) groups excluding carboxylic acids is 2. The van der Waals surface area contributed by atoms with Crippen LogP contribution in [-0.2, 0) is 9.63 Å². The maximum Gasteiger partial charge on any atom is 0.433 e. The van der Waals surface area contributed by atoms with Gasteiger partial charge in [-0.3, -0.25) is 9.63 Å². The number of ketones is 1. The number of oxime groups is 1. The summed E-state index contributed by atoms with van der Waals surface area (Å²) >= 11 is 0. The lowest BCUT2D eigenvalue weighted by atomic mass is 9.46. The van der Waals surface area contributed by atoms with Gasteiger partial charge in [0, 0.05) is 24.9 Å². The Morgan fingerprint density at radius 2 is 1.97 bits per heavy atom. The van der Waals surface area contributed by atoms with Crippen molar-refractivity contribution < 1.29 is 14.4 Å². The topological polar surface area (TPSA) is 79.8 Å². The molecule has 3 saturated carbocycles. The Kier molecular flexibility index (Phi) is 7.13. The molecule has 1 heterocycles. The van der Waals surface area contributed by atoms with Gasteiger partial charge in [-0.25, -0.2) is 4.79 Å². The van der Waals surface area contributed by atoms with Crippen LogP contribution in [0.4, 0.5) is 4.79 Å². The number of amides is 1. The highest BCUT2D eigenvalue weighted by Gasteiger charge is 2.59. The second kappa shape index (κ2) is 9.99. The Morgan fingerprint density at radius 3 is 2.77 bits per heavy atom. The third-order valence-corrected chi connectivity index (χ3v) is 10.9. The number of piperidine rings is 1. The van der Waals surface area contributed by atoms with E-state index in [1.54, 1.807) is 0 Å². The van der Waals surface area contributed by atoms with Gasteiger partial charge in [-0.2, -0.15) is 0 Å². The summed E-state index contributed by atoms with van der Waals surface area (Å²) in [5, 5.41) is 10.7. The first kappa shape index (κ1) is 25.0. The minimum absolute atomic E-state index is 0.216. The molecule has 35 heavy (non-hydrogen) atoms. The quantitative estimate of drug-likeness (QED) is 0.296. The molecule has 2 N–H and O–H groups in total. The molecule has 194 valence electrons. The average Bonchev–Trinajstić information content (AvgIpc) is 3.21. The van der Waals surface area contributed by atoms with Gasteiger partial charge in [0.05, 0.1) is 5.71 Å². The van der Waals surface area contributed by atoms with Crippen LogP contribution in [0.2, 0.25) is 0 Å². The first-order chi connectivity index (χ1) is 16.8. The van der Waals surface area contributed by atoms with E-state index < -0.39 is 6.09 Å². The summed E-state index contributed by atoms with van der Waals surface area (Å²) in [6.45, 7) is 8.68. The summed E-state index contributed by atoms with van der Waals surface area (Å²) < 4.78 is 0. The van der Waals surface area contributed by atoms with Crippen LogP contribution in [0.3, 0.4) is 0 Å². The van der Waals surface area contributed by atoms with Gasteiger partial charge in [-0.15, -0.1) is 0 Å². The molecule has 1 amide bonds. The summed E-state index contributed by atoms with van der Waals surface area (Å²) in [7, 11) is 0. The molecule has 1 unspecified atom stereocenters. The highest BCUT2D eigenvalue weighted by molar-refractivity contribution is 5.91. The maximum atomic E-state index is 12.3. The van der Waals surface area contributed by atoms with Crippen molar-refractivity contribution >= 4 is 17.6 Å². The molecule has 5 rings (SSSR count). The smallest absolute Gasteiger partial charge is 0.320 e. The standard InChI is InChI=1S/C29H45N3O3/c1-19(32-35-27(34)31-17-13-21-6-4-5-16-30-21)24-9-10-25-23-8-7-20-18-22(33)11-14-28(20,2)26(23)12-15-29(24,25)3/h18,21,23-26,30H,4-17H2,1-3H3,(H,31,34)/b32-19+/t21?,23-,24+,25-,26-,28-,29+/m0/s1. The molecule has 0 aromatic rings. The number of nitrogens with one attached hydrogen (secondary N) is 2. The molecular formula is C29H45N3O3. The molecule has 1 saturated heterocycles. The third kappa shape index (κ3) is 4.72. The molecule has 0 bridgehead atoms. The Bertz CT molecular complexity index is 892. The highest BCUT2D eigenvalue weighted by atomic mass is 16.7. The van der Waals surface area contributed by atoms with Crippen LogP contribution < -0.4 is 10.6 Å². The van der Waals surface area contributed by atoms with Crippen molar-refractivity contribution in [2.75, 3.05) is 13.1 Å². The van der Waals surface area contributed by atoms with E-state index in [0.717, 1.165) is 50.3 Å². The first-order valence-corrected chi connectivity index (χ1v) is 14.3. The van der Waals surface area contributed by atoms with Gasteiger partial charge in [0.25, 0.3) is 0 Å². The van der Waals surface area contributed by atoms with Crippen LogP contribution >= 0.6 is 0 Å². The van der Waals surface area contributed by atoms with Crippen molar-refractivity contribution in [2.45, 2.75) is 104 Å². The van der Waals surface area contributed by atoms with Crippen LogP contribution in [0, 0.1) is 34.5 Å². The second-order valence-corrected chi connectivity index (χ2v) is 12.6. The Labute approximate surface area is 211 Å². The number of hydrogen-bond donors (Lipinski definition) is 2. The molecule has 7 atom stereocenters. The van der Waals surface area contributed by atoms with Crippen molar-refractivity contribution in [3.8, 4) is 0 Å². The van der Waals surface area contributed by atoms with Crippen LogP contribution in [0.15, 0.2) is 16.8 Å². The lowest BCUT2D eigenvalue weighted by molar-refractivity contribution is -0.117. The van der Waals surface area contributed by atoms with Gasteiger partial charge in [-0.1, -0.05) is 31.0 Å². The van der Waals surface area contributed by atoms with E-state index in [2.05, 4.69) is 36.6 Å². The fourth-order valence-corrected chi connectivity index (χ4v) is 8.97. The minimum Gasteiger partial charge on any atom is -0.320 e. The molecular weight excluding hydrogens is 438 g/mol. The second-order valence-electron chi connectivity index (χ2n) is 12.6. The minimum atomic E-state index is -0.435. The predicted octanol–water partition coefficient (Wildman–Crippen LogP) is 5.77. The molecule has 0 aromatic heterocycles. The molecule has 4 fully saturated rings. The molecule has 5 aliphatic rings. The summed E-state index contributed by atoms with van der Waals surface area (Å²) in [6, 6.07) is 0.502. The molecule has 6 heteroatoms. The number of fused-ring (bicyclic) bond motifs is 5. The molecule has 4 aliphatic carbocycles. The Morgan fingerprint density at radius 1 is 1.11 bits per heavy atom. The molecule has 0 spiro atoms. The van der Waals surface area contributed by atoms with E-state index in [9.17, 15) is 9.59 Å². The Hall–Kier alpha value is -1.69. The van der Waals surface area contributed by atoms with E-state index in [-0.39, 0.29) is 10.8 Å². The van der Waals surface area contributed by atoms with Crippen LogP contribution in [0.5, 0.6) is 0 Å². The van der Waals surface area contributed by atoms with Crippen molar-refractivity contribution in [3.63, 3.8) is 0 Å². The van der Waals surface area contributed by atoms with E-state index in [1.165, 1.54) is 50.5 Å². The van der Waals surface area contributed by atoms with E-state index in [0.29, 0.717) is 36.1 Å². The number of allylic oxidation sites excluding steroid dienone is 1. The summed E-state index contributed by atoms with van der Waals surface area (Å²) in [5.41, 5.74) is 2.85. The van der Waals surface area contributed by atoms with Crippen molar-refractivity contribution in [3.05, 3.63) is 11.6 Å². The van der Waals surface area contributed by atoms with Gasteiger partial charge in [0.1, 0.15) is 0 Å². The Balaban J connectivity index is 1.18. The number of nitrogens with zero attached hydrogens (tertiary/aromatic N) is 1. The van der Waals surface area contributed by atoms with E-state index in [1.807, 2.05) is 6.08 Å². The fourth-order valence-electron chi connectivity index (χ4n) is 8.97. The van der Waals surface area contributed by atoms with Gasteiger partial charge < -0.3 is 10.6 Å². The summed E-state index contributed by atoms with van der Waals surface area (Å²) in [4.78, 5) is 29.6. The van der Waals surface area contributed by atoms with Gasteiger partial charge in [0.15, 0.2) is 5.78 Å². The predicted molar refractivity (Wildman–Crippen MR) is 138 cm³/mol. The number of hydrogen-bond acceptors (Lipinski definition) is 5. The monoisotopic (exact) mass is 483 g/mol. The van der Waals surface area contributed by atoms with E-state index >= 15 is 0 Å². The van der Waals surface area contributed by atoms with Gasteiger partial charge >= 0.3 is 6.09 Å². The zero-order chi connectivity index (χ0) is 24.6. The molecule has 0 radical (unpaired) electrons. The lowest BCUT2D eigenvalue weighted by Crippen LogP contribution is -2.51. The number of rotatable bonds is 5. The van der Waals surface area contributed by atoms with Gasteiger partial charge in [0.2, 0.25) is 0 Å². The van der Waals surface area contributed by atoms with Crippen LogP contribution in [-0.4, -0.2) is 36.7 Å². The molecule has 1 aliphatic heterocycles. The highest BCUT2D eigenvalue weighted by Crippen LogP contribution is 2.66. The SMILES string of the molecule is C/C(=N\OC(=O)NCCC1CCCCN1)[C@H]1CC[C@H]2[C@@H]3CCC4=CC(=O)CC[C@]4(C)[C@H]3CC[C@]12C. The van der Waals surface area contributed by atoms with Crippen molar-refractivity contribution in [2.24, 2.45) is 39.7 Å². The average molecular weight is 484 g/mol. The molecule has 6 nitrogen and oxygen atoms in total. The van der Waals surface area contributed by atoms with Crippen LogP contribution in [0.1, 0.15) is 97.8 Å². The van der Waals surface area contributed by atoms with Crippen LogP contribution in [0.25, 0.3) is 0 Å².